The molecule has 0 aromatic carbocycles. The molecular formula is C12H25NO. The van der Waals surface area contributed by atoms with Crippen molar-refractivity contribution in [2.75, 3.05) is 6.54 Å². The summed E-state index contributed by atoms with van der Waals surface area (Å²) in [6.07, 6.45) is 5.62. The van der Waals surface area contributed by atoms with Gasteiger partial charge in [-0.25, -0.2) is 0 Å². The van der Waals surface area contributed by atoms with E-state index in [4.69, 9.17) is 0 Å². The van der Waals surface area contributed by atoms with Gasteiger partial charge in [0.1, 0.15) is 0 Å². The minimum Gasteiger partial charge on any atom is -0.356 e. The fourth-order valence-corrected chi connectivity index (χ4v) is 1.53. The molecule has 0 aromatic heterocycles. The summed E-state index contributed by atoms with van der Waals surface area (Å²) >= 11 is 0. The molecule has 0 spiro atoms. The van der Waals surface area contributed by atoms with Crippen molar-refractivity contribution in [2.45, 2.75) is 59.8 Å². The third kappa shape index (κ3) is 3.69. The van der Waals surface area contributed by atoms with Crippen LogP contribution in [-0.4, -0.2) is 12.5 Å². The van der Waals surface area contributed by atoms with Crippen LogP contribution in [0.3, 0.4) is 0 Å². The maximum Gasteiger partial charge on any atom is 0.225 e. The van der Waals surface area contributed by atoms with Crippen LogP contribution >= 0.6 is 0 Å². The van der Waals surface area contributed by atoms with E-state index in [1.165, 1.54) is 6.42 Å². The monoisotopic (exact) mass is 199 g/mol. The van der Waals surface area contributed by atoms with E-state index in [2.05, 4.69) is 19.2 Å². The summed E-state index contributed by atoms with van der Waals surface area (Å²) in [6.45, 7) is 9.06. The molecule has 0 heterocycles. The topological polar surface area (TPSA) is 29.1 Å². The van der Waals surface area contributed by atoms with Crippen LogP contribution in [0.1, 0.15) is 59.8 Å². The van der Waals surface area contributed by atoms with Gasteiger partial charge in [-0.05, 0) is 19.3 Å². The average Bonchev–Trinajstić information content (AvgIpc) is 2.17. The van der Waals surface area contributed by atoms with E-state index in [0.717, 1.165) is 32.2 Å². The highest BCUT2D eigenvalue weighted by Crippen LogP contribution is 2.40. The highest BCUT2D eigenvalue weighted by Gasteiger charge is 2.38. The molecule has 1 aliphatic rings. The van der Waals surface area contributed by atoms with Crippen LogP contribution in [0.4, 0.5) is 0 Å². The van der Waals surface area contributed by atoms with E-state index in [9.17, 15) is 4.79 Å². The van der Waals surface area contributed by atoms with Gasteiger partial charge in [0.05, 0.1) is 0 Å². The Morgan fingerprint density at radius 1 is 1.36 bits per heavy atom. The summed E-state index contributed by atoms with van der Waals surface area (Å²) in [6, 6.07) is 0. The number of amides is 1. The molecule has 84 valence electrons. The molecule has 2 heteroatoms. The summed E-state index contributed by atoms with van der Waals surface area (Å²) in [5.74, 6) is 0.266. The first kappa shape index (κ1) is 13.5. The molecule has 0 saturated heterocycles. The normalized spacial score (nSPS) is 17.4. The van der Waals surface area contributed by atoms with Crippen molar-refractivity contribution >= 4 is 5.91 Å². The zero-order valence-electron chi connectivity index (χ0n) is 10.2. The van der Waals surface area contributed by atoms with Gasteiger partial charge in [0.2, 0.25) is 5.91 Å². The Morgan fingerprint density at radius 2 is 1.93 bits per heavy atom. The van der Waals surface area contributed by atoms with Crippen molar-refractivity contribution < 1.29 is 4.79 Å². The van der Waals surface area contributed by atoms with E-state index in [0.29, 0.717) is 0 Å². The first-order chi connectivity index (χ1) is 6.69. The fourth-order valence-electron chi connectivity index (χ4n) is 1.53. The Morgan fingerprint density at radius 3 is 2.29 bits per heavy atom. The molecule has 14 heavy (non-hydrogen) atoms. The number of hydrogen-bond donors (Lipinski definition) is 1. The van der Waals surface area contributed by atoms with Crippen molar-refractivity contribution in [1.82, 2.24) is 5.32 Å². The summed E-state index contributed by atoms with van der Waals surface area (Å²) in [7, 11) is 0. The molecule has 0 unspecified atom stereocenters. The van der Waals surface area contributed by atoms with Gasteiger partial charge >= 0.3 is 0 Å². The fraction of sp³-hybridized carbons (Fsp3) is 0.917. The largest absolute Gasteiger partial charge is 0.356 e. The van der Waals surface area contributed by atoms with Gasteiger partial charge in [0.15, 0.2) is 0 Å². The maximum absolute atomic E-state index is 11.5. The summed E-state index contributed by atoms with van der Waals surface area (Å²) in [5, 5.41) is 2.99. The second kappa shape index (κ2) is 6.86. The lowest BCUT2D eigenvalue weighted by Crippen LogP contribution is -2.43. The van der Waals surface area contributed by atoms with Gasteiger partial charge in [-0.1, -0.05) is 40.5 Å². The third-order valence-electron chi connectivity index (χ3n) is 2.82. The van der Waals surface area contributed by atoms with E-state index >= 15 is 0 Å². The Balaban J connectivity index is 0.000000791. The number of carbonyl (C=O) groups is 1. The van der Waals surface area contributed by atoms with Gasteiger partial charge < -0.3 is 5.32 Å². The molecule has 1 saturated carbocycles. The molecule has 1 N–H and O–H groups in total. The Kier molecular flexibility index (Phi) is 6.60. The minimum absolute atomic E-state index is 0.0201. The molecule has 0 bridgehead atoms. The van der Waals surface area contributed by atoms with Crippen molar-refractivity contribution in [1.29, 1.82) is 0 Å². The van der Waals surface area contributed by atoms with E-state index < -0.39 is 0 Å². The SMILES string of the molecule is CC.CCCCNC(=O)C1(C)CCC1. The maximum atomic E-state index is 11.5. The van der Waals surface area contributed by atoms with Crippen LogP contribution in [0.25, 0.3) is 0 Å². The average molecular weight is 199 g/mol. The molecular weight excluding hydrogens is 174 g/mol. The van der Waals surface area contributed by atoms with Crippen molar-refractivity contribution in [3.63, 3.8) is 0 Å². The molecule has 1 rings (SSSR count). The first-order valence-electron chi connectivity index (χ1n) is 5.97. The smallest absolute Gasteiger partial charge is 0.225 e. The number of hydrogen-bond acceptors (Lipinski definition) is 1. The van der Waals surface area contributed by atoms with Crippen LogP contribution in [0.15, 0.2) is 0 Å². The van der Waals surface area contributed by atoms with Gasteiger partial charge in [-0.2, -0.15) is 0 Å². The summed E-state index contributed by atoms with van der Waals surface area (Å²) in [5.41, 5.74) is -0.0201. The highest BCUT2D eigenvalue weighted by atomic mass is 16.2. The van der Waals surface area contributed by atoms with Crippen LogP contribution in [-0.2, 0) is 4.79 Å². The molecule has 0 atom stereocenters. The van der Waals surface area contributed by atoms with E-state index in [1.54, 1.807) is 0 Å². The minimum atomic E-state index is -0.0201. The lowest BCUT2D eigenvalue weighted by atomic mass is 9.70. The van der Waals surface area contributed by atoms with Crippen LogP contribution in [0.2, 0.25) is 0 Å². The second-order valence-corrected chi connectivity index (χ2v) is 4.02. The zero-order valence-corrected chi connectivity index (χ0v) is 10.2. The predicted octanol–water partition coefficient (Wildman–Crippen LogP) is 3.12. The molecule has 0 radical (unpaired) electrons. The molecule has 1 aliphatic carbocycles. The van der Waals surface area contributed by atoms with Crippen molar-refractivity contribution in [3.8, 4) is 0 Å². The van der Waals surface area contributed by atoms with Crippen molar-refractivity contribution in [3.05, 3.63) is 0 Å². The molecule has 1 amide bonds. The third-order valence-corrected chi connectivity index (χ3v) is 2.82. The molecule has 1 fully saturated rings. The van der Waals surface area contributed by atoms with E-state index in [-0.39, 0.29) is 11.3 Å². The summed E-state index contributed by atoms with van der Waals surface area (Å²) < 4.78 is 0. The lowest BCUT2D eigenvalue weighted by molar-refractivity contribution is -0.134. The number of unbranched alkanes of at least 4 members (excludes halogenated alkanes) is 1. The Bertz CT molecular complexity index is 162. The predicted molar refractivity (Wildman–Crippen MR) is 61.2 cm³/mol. The summed E-state index contributed by atoms with van der Waals surface area (Å²) in [4.78, 5) is 11.5. The van der Waals surface area contributed by atoms with Crippen LogP contribution < -0.4 is 5.32 Å². The van der Waals surface area contributed by atoms with Crippen molar-refractivity contribution in [2.24, 2.45) is 5.41 Å². The highest BCUT2D eigenvalue weighted by molar-refractivity contribution is 5.82. The number of carbonyl (C=O) groups excluding carboxylic acids is 1. The quantitative estimate of drug-likeness (QED) is 0.692. The molecule has 0 aromatic rings. The second-order valence-electron chi connectivity index (χ2n) is 4.02. The lowest BCUT2D eigenvalue weighted by Gasteiger charge is -2.36. The Hall–Kier alpha value is -0.530. The van der Waals surface area contributed by atoms with Crippen LogP contribution in [0, 0.1) is 5.41 Å². The first-order valence-corrected chi connectivity index (χ1v) is 5.97. The standard InChI is InChI=1S/C10H19NO.C2H6/c1-3-4-8-11-9(12)10(2)6-5-7-10;1-2/h3-8H2,1-2H3,(H,11,12);1-2H3. The van der Waals surface area contributed by atoms with Gasteiger partial charge in [-0.3, -0.25) is 4.79 Å². The zero-order chi connectivity index (χ0) is 11.0. The Labute approximate surface area is 88.5 Å². The molecule has 2 nitrogen and oxygen atoms in total. The molecule has 0 aliphatic heterocycles. The van der Waals surface area contributed by atoms with Gasteiger partial charge in [0, 0.05) is 12.0 Å². The van der Waals surface area contributed by atoms with Crippen LogP contribution in [0.5, 0.6) is 0 Å². The number of nitrogens with one attached hydrogen (secondary N) is 1. The van der Waals surface area contributed by atoms with Gasteiger partial charge in [-0.15, -0.1) is 0 Å². The van der Waals surface area contributed by atoms with Gasteiger partial charge in [0.25, 0.3) is 0 Å². The number of rotatable bonds is 4. The van der Waals surface area contributed by atoms with E-state index in [1.807, 2.05) is 13.8 Å².